The number of hydrogen-bond donors (Lipinski definition) is 3. The number of nitrogens with one attached hydrogen (secondary N) is 1. The van der Waals surface area contributed by atoms with Gasteiger partial charge in [-0.15, -0.1) is 11.8 Å². The molecule has 128 valence electrons. The summed E-state index contributed by atoms with van der Waals surface area (Å²) in [6.45, 7) is -1.25. The van der Waals surface area contributed by atoms with Crippen LogP contribution in [0.2, 0.25) is 0 Å². The number of carbonyl (C=O) groups excluding carboxylic acids is 1. The van der Waals surface area contributed by atoms with Crippen molar-refractivity contribution in [2.45, 2.75) is 18.1 Å². The number of hydrogen-bond acceptors (Lipinski definition) is 5. The van der Waals surface area contributed by atoms with Gasteiger partial charge in [-0.25, -0.2) is 4.39 Å². The lowest BCUT2D eigenvalue weighted by Gasteiger charge is -2.14. The SMILES string of the molecule is CSc1cccc(NC(=O)COc2c(CO)cc(F)cc2CO)c1. The molecule has 0 aromatic heterocycles. The fourth-order valence-electron chi connectivity index (χ4n) is 2.17. The Morgan fingerprint density at radius 3 is 2.46 bits per heavy atom. The van der Waals surface area contributed by atoms with Crippen molar-refractivity contribution in [2.24, 2.45) is 0 Å². The van der Waals surface area contributed by atoms with Gasteiger partial charge in [0.25, 0.3) is 5.91 Å². The number of thioether (sulfide) groups is 1. The van der Waals surface area contributed by atoms with Crippen LogP contribution in [0.25, 0.3) is 0 Å². The first kappa shape index (κ1) is 18.3. The van der Waals surface area contributed by atoms with E-state index >= 15 is 0 Å². The van der Waals surface area contributed by atoms with Crippen LogP contribution >= 0.6 is 11.8 Å². The molecule has 0 bridgehead atoms. The number of carbonyl (C=O) groups is 1. The number of rotatable bonds is 7. The molecule has 0 saturated carbocycles. The molecule has 0 spiro atoms. The van der Waals surface area contributed by atoms with Crippen LogP contribution in [0.15, 0.2) is 41.3 Å². The van der Waals surface area contributed by atoms with Crippen LogP contribution in [0.4, 0.5) is 10.1 Å². The van der Waals surface area contributed by atoms with Gasteiger partial charge in [-0.1, -0.05) is 6.07 Å². The zero-order chi connectivity index (χ0) is 17.5. The lowest BCUT2D eigenvalue weighted by Crippen LogP contribution is -2.21. The number of benzene rings is 2. The first-order valence-corrected chi connectivity index (χ1v) is 8.39. The lowest BCUT2D eigenvalue weighted by molar-refractivity contribution is -0.118. The third-order valence-electron chi connectivity index (χ3n) is 3.25. The van der Waals surface area contributed by atoms with Crippen molar-refractivity contribution in [3.05, 3.63) is 53.3 Å². The smallest absolute Gasteiger partial charge is 0.262 e. The average molecular weight is 351 g/mol. The summed E-state index contributed by atoms with van der Waals surface area (Å²) in [6.07, 6.45) is 1.94. The number of aliphatic hydroxyl groups is 2. The summed E-state index contributed by atoms with van der Waals surface area (Å²) < 4.78 is 18.8. The largest absolute Gasteiger partial charge is 0.483 e. The highest BCUT2D eigenvalue weighted by atomic mass is 32.2. The molecule has 0 aliphatic rings. The summed E-state index contributed by atoms with van der Waals surface area (Å²) in [5, 5.41) is 21.3. The standard InChI is InChI=1S/C17H18FNO4S/c1-24-15-4-2-3-14(7-15)19-16(22)10-23-17-11(8-20)5-13(18)6-12(17)9-21/h2-7,20-21H,8-10H2,1H3,(H,19,22). The number of aliphatic hydroxyl groups excluding tert-OH is 2. The number of ether oxygens (including phenoxy) is 1. The Hall–Kier alpha value is -2.09. The van der Waals surface area contributed by atoms with Crippen molar-refractivity contribution in [3.63, 3.8) is 0 Å². The zero-order valence-electron chi connectivity index (χ0n) is 13.1. The minimum absolute atomic E-state index is 0.120. The fourth-order valence-corrected chi connectivity index (χ4v) is 2.63. The van der Waals surface area contributed by atoms with Gasteiger partial charge in [0.1, 0.15) is 11.6 Å². The Kier molecular flexibility index (Phi) is 6.60. The molecule has 0 radical (unpaired) electrons. The maximum atomic E-state index is 13.4. The van der Waals surface area contributed by atoms with Gasteiger partial charge in [0, 0.05) is 21.7 Å². The summed E-state index contributed by atoms with van der Waals surface area (Å²) in [5.74, 6) is -0.867. The van der Waals surface area contributed by atoms with E-state index in [1.54, 1.807) is 17.8 Å². The minimum atomic E-state index is -0.589. The number of anilines is 1. The molecule has 0 unspecified atom stereocenters. The Balaban J connectivity index is 2.06. The summed E-state index contributed by atoms with van der Waals surface area (Å²) in [4.78, 5) is 13.0. The van der Waals surface area contributed by atoms with Gasteiger partial charge in [0.05, 0.1) is 13.2 Å². The van der Waals surface area contributed by atoms with Gasteiger partial charge in [0.2, 0.25) is 0 Å². The van der Waals surface area contributed by atoms with Gasteiger partial charge in [0.15, 0.2) is 6.61 Å². The maximum absolute atomic E-state index is 13.4. The monoisotopic (exact) mass is 351 g/mol. The van der Waals surface area contributed by atoms with E-state index in [-0.39, 0.29) is 23.5 Å². The van der Waals surface area contributed by atoms with E-state index in [9.17, 15) is 19.4 Å². The van der Waals surface area contributed by atoms with Crippen molar-refractivity contribution in [1.29, 1.82) is 0 Å². The van der Waals surface area contributed by atoms with E-state index in [1.165, 1.54) is 0 Å². The van der Waals surface area contributed by atoms with Crippen molar-refractivity contribution < 1.29 is 24.1 Å². The summed E-state index contributed by atoms with van der Waals surface area (Å²) in [7, 11) is 0. The van der Waals surface area contributed by atoms with Crippen LogP contribution in [-0.4, -0.2) is 29.0 Å². The molecular formula is C17H18FNO4S. The quantitative estimate of drug-likeness (QED) is 0.668. The highest BCUT2D eigenvalue weighted by molar-refractivity contribution is 7.98. The molecule has 0 heterocycles. The summed E-state index contributed by atoms with van der Waals surface area (Å²) >= 11 is 1.56. The highest BCUT2D eigenvalue weighted by Gasteiger charge is 2.13. The first-order chi connectivity index (χ1) is 11.6. The first-order valence-electron chi connectivity index (χ1n) is 7.17. The van der Waals surface area contributed by atoms with E-state index in [4.69, 9.17) is 4.74 Å². The molecule has 0 aliphatic carbocycles. The van der Waals surface area contributed by atoms with Gasteiger partial charge < -0.3 is 20.3 Å². The van der Waals surface area contributed by atoms with Crippen molar-refractivity contribution in [2.75, 3.05) is 18.2 Å². The molecule has 0 atom stereocenters. The van der Waals surface area contributed by atoms with E-state index in [2.05, 4.69) is 5.32 Å². The van der Waals surface area contributed by atoms with Gasteiger partial charge in [-0.3, -0.25) is 4.79 Å². The molecule has 2 aromatic rings. The topological polar surface area (TPSA) is 78.8 Å². The van der Waals surface area contributed by atoms with Crippen LogP contribution in [0.1, 0.15) is 11.1 Å². The molecule has 5 nitrogen and oxygen atoms in total. The van der Waals surface area contributed by atoms with Gasteiger partial charge >= 0.3 is 0 Å². The zero-order valence-corrected chi connectivity index (χ0v) is 13.9. The Bertz CT molecular complexity index is 698. The van der Waals surface area contributed by atoms with Crippen LogP contribution in [0, 0.1) is 5.82 Å². The normalized spacial score (nSPS) is 10.5. The van der Waals surface area contributed by atoms with Crippen LogP contribution in [-0.2, 0) is 18.0 Å². The third kappa shape index (κ3) is 4.70. The fraction of sp³-hybridized carbons (Fsp3) is 0.235. The minimum Gasteiger partial charge on any atom is -0.483 e. The molecule has 24 heavy (non-hydrogen) atoms. The third-order valence-corrected chi connectivity index (χ3v) is 3.97. The van der Waals surface area contributed by atoms with Crippen LogP contribution in [0.3, 0.4) is 0 Å². The molecule has 2 aromatic carbocycles. The van der Waals surface area contributed by atoms with Crippen LogP contribution in [0.5, 0.6) is 5.75 Å². The molecule has 7 heteroatoms. The molecule has 3 N–H and O–H groups in total. The molecule has 0 saturated heterocycles. The maximum Gasteiger partial charge on any atom is 0.262 e. The Labute approximate surface area is 143 Å². The number of amides is 1. The second kappa shape index (κ2) is 8.68. The predicted octanol–water partition coefficient (Wildman–Crippen LogP) is 2.55. The Morgan fingerprint density at radius 1 is 1.21 bits per heavy atom. The van der Waals surface area contributed by atoms with Crippen molar-refractivity contribution in [3.8, 4) is 5.75 Å². The lowest BCUT2D eigenvalue weighted by atomic mass is 10.1. The predicted molar refractivity (Wildman–Crippen MR) is 90.6 cm³/mol. The Morgan fingerprint density at radius 2 is 1.88 bits per heavy atom. The number of halogens is 1. The second-order valence-electron chi connectivity index (χ2n) is 4.94. The highest BCUT2D eigenvalue weighted by Crippen LogP contribution is 2.26. The van der Waals surface area contributed by atoms with Gasteiger partial charge in [-0.2, -0.15) is 0 Å². The van der Waals surface area contributed by atoms with E-state index in [0.717, 1.165) is 17.0 Å². The van der Waals surface area contributed by atoms with Gasteiger partial charge in [-0.05, 0) is 36.6 Å². The second-order valence-corrected chi connectivity index (χ2v) is 5.82. The van der Waals surface area contributed by atoms with E-state index in [0.29, 0.717) is 5.69 Å². The molecular weight excluding hydrogens is 333 g/mol. The van der Waals surface area contributed by atoms with E-state index < -0.39 is 24.9 Å². The summed E-state index contributed by atoms with van der Waals surface area (Å²) in [6, 6.07) is 9.56. The molecule has 1 amide bonds. The van der Waals surface area contributed by atoms with Crippen LogP contribution < -0.4 is 10.1 Å². The molecule has 2 rings (SSSR count). The molecule has 0 fully saturated rings. The molecule has 0 aliphatic heterocycles. The van der Waals surface area contributed by atoms with E-state index in [1.807, 2.05) is 24.5 Å². The van der Waals surface area contributed by atoms with Crippen molar-refractivity contribution >= 4 is 23.4 Å². The summed E-state index contributed by atoms with van der Waals surface area (Å²) in [5.41, 5.74) is 0.992. The average Bonchev–Trinajstić information content (AvgIpc) is 2.59. The van der Waals surface area contributed by atoms with Crippen molar-refractivity contribution in [1.82, 2.24) is 0 Å².